The van der Waals surface area contributed by atoms with Gasteiger partial charge in [-0.15, -0.1) is 0 Å². The van der Waals surface area contributed by atoms with Crippen LogP contribution in [0, 0.1) is 12.7 Å². The molecule has 0 aliphatic carbocycles. The van der Waals surface area contributed by atoms with Crippen molar-refractivity contribution < 1.29 is 18.8 Å². The van der Waals surface area contributed by atoms with Gasteiger partial charge < -0.3 is 10.2 Å². The Morgan fingerprint density at radius 1 is 1.13 bits per heavy atom. The molecule has 4 amide bonds. The van der Waals surface area contributed by atoms with E-state index in [9.17, 15) is 18.8 Å². The fourth-order valence-corrected chi connectivity index (χ4v) is 4.16. The molecule has 0 unspecified atom stereocenters. The van der Waals surface area contributed by atoms with Crippen LogP contribution >= 0.6 is 11.6 Å². The Hall–Kier alpha value is -2.93. The summed E-state index contributed by atoms with van der Waals surface area (Å²) in [5, 5.41) is 3.01. The molecular weight excluding hydrogens is 409 g/mol. The van der Waals surface area contributed by atoms with Gasteiger partial charge in [-0.05, 0) is 43.5 Å². The number of amides is 4. The lowest BCUT2D eigenvalue weighted by molar-refractivity contribution is -0.133. The van der Waals surface area contributed by atoms with Crippen LogP contribution in [0.1, 0.15) is 34.3 Å². The van der Waals surface area contributed by atoms with E-state index in [1.54, 1.807) is 0 Å². The standard InChI is InChI=1S/C22H21ClFN3O3/c1-14-2-4-15(5-3-14)13-27-20(29)22(25-21(27)30)8-10-26(11-9-22)19(28)17-12-16(24)6-7-18(17)23/h2-7,12H,8-11,13H2,1H3,(H,25,30). The van der Waals surface area contributed by atoms with Crippen LogP contribution in [0.15, 0.2) is 42.5 Å². The van der Waals surface area contributed by atoms with Crippen molar-refractivity contribution in [2.45, 2.75) is 31.8 Å². The molecular formula is C22H21ClFN3O3. The lowest BCUT2D eigenvalue weighted by atomic mass is 9.87. The van der Waals surface area contributed by atoms with Crippen molar-refractivity contribution in [1.82, 2.24) is 15.1 Å². The van der Waals surface area contributed by atoms with Gasteiger partial charge in [-0.3, -0.25) is 14.5 Å². The maximum atomic E-state index is 13.5. The lowest BCUT2D eigenvalue weighted by Crippen LogP contribution is -2.55. The van der Waals surface area contributed by atoms with E-state index in [2.05, 4.69) is 5.32 Å². The predicted molar refractivity (Wildman–Crippen MR) is 110 cm³/mol. The molecule has 6 nitrogen and oxygen atoms in total. The second-order valence-corrected chi connectivity index (χ2v) is 8.21. The van der Waals surface area contributed by atoms with Crippen molar-refractivity contribution in [3.8, 4) is 0 Å². The molecule has 4 rings (SSSR count). The molecule has 30 heavy (non-hydrogen) atoms. The monoisotopic (exact) mass is 429 g/mol. The van der Waals surface area contributed by atoms with Crippen LogP contribution in [0.2, 0.25) is 5.02 Å². The summed E-state index contributed by atoms with van der Waals surface area (Å²) in [5.41, 5.74) is 1.05. The predicted octanol–water partition coefficient (Wildman–Crippen LogP) is 3.51. The van der Waals surface area contributed by atoms with Crippen molar-refractivity contribution in [3.05, 3.63) is 70.0 Å². The van der Waals surface area contributed by atoms with Gasteiger partial charge in [0.1, 0.15) is 11.4 Å². The largest absolute Gasteiger partial charge is 0.338 e. The first-order chi connectivity index (χ1) is 14.3. The minimum Gasteiger partial charge on any atom is -0.338 e. The number of benzene rings is 2. The summed E-state index contributed by atoms with van der Waals surface area (Å²) in [4.78, 5) is 41.1. The average Bonchev–Trinajstić information content (AvgIpc) is 2.95. The highest BCUT2D eigenvalue weighted by Gasteiger charge is 2.52. The molecule has 2 heterocycles. The number of likely N-dealkylation sites (tertiary alicyclic amines) is 1. The van der Waals surface area contributed by atoms with Crippen molar-refractivity contribution in [2.24, 2.45) is 0 Å². The summed E-state index contributed by atoms with van der Waals surface area (Å²) in [7, 11) is 0. The quantitative estimate of drug-likeness (QED) is 0.759. The normalized spacial score (nSPS) is 18.1. The van der Waals surface area contributed by atoms with Gasteiger partial charge >= 0.3 is 6.03 Å². The fraction of sp³-hybridized carbons (Fsp3) is 0.318. The molecule has 2 aromatic rings. The molecule has 0 radical (unpaired) electrons. The van der Waals surface area contributed by atoms with E-state index in [4.69, 9.17) is 11.6 Å². The Morgan fingerprint density at radius 3 is 2.47 bits per heavy atom. The van der Waals surface area contributed by atoms with Crippen LogP contribution in [0.3, 0.4) is 0 Å². The first kappa shape index (κ1) is 20.3. The van der Waals surface area contributed by atoms with Gasteiger partial charge in [-0.1, -0.05) is 41.4 Å². The first-order valence-corrected chi connectivity index (χ1v) is 10.1. The minimum absolute atomic E-state index is 0.0930. The number of imide groups is 1. The highest BCUT2D eigenvalue weighted by molar-refractivity contribution is 6.33. The minimum atomic E-state index is -1.01. The number of carbonyl (C=O) groups is 3. The van der Waals surface area contributed by atoms with Gasteiger partial charge in [0.25, 0.3) is 11.8 Å². The zero-order valence-electron chi connectivity index (χ0n) is 16.5. The molecule has 2 aliphatic heterocycles. The molecule has 2 saturated heterocycles. The number of hydrogen-bond acceptors (Lipinski definition) is 3. The van der Waals surface area contributed by atoms with Gasteiger partial charge in [0.2, 0.25) is 0 Å². The highest BCUT2D eigenvalue weighted by Crippen LogP contribution is 2.31. The van der Waals surface area contributed by atoms with Gasteiger partial charge in [-0.25, -0.2) is 9.18 Å². The molecule has 0 aromatic heterocycles. The second kappa shape index (κ2) is 7.72. The first-order valence-electron chi connectivity index (χ1n) is 9.73. The van der Waals surface area contributed by atoms with E-state index in [1.165, 1.54) is 21.9 Å². The third kappa shape index (κ3) is 3.65. The van der Waals surface area contributed by atoms with Crippen LogP contribution in [0.25, 0.3) is 0 Å². The van der Waals surface area contributed by atoms with E-state index in [0.717, 1.165) is 17.2 Å². The number of carbonyl (C=O) groups excluding carboxylic acids is 3. The number of hydrogen-bond donors (Lipinski definition) is 1. The maximum absolute atomic E-state index is 13.5. The van der Waals surface area contributed by atoms with E-state index in [-0.39, 0.29) is 42.0 Å². The Morgan fingerprint density at radius 2 is 1.80 bits per heavy atom. The summed E-state index contributed by atoms with van der Waals surface area (Å²) < 4.78 is 13.5. The molecule has 0 bridgehead atoms. The molecule has 8 heteroatoms. The Balaban J connectivity index is 1.45. The van der Waals surface area contributed by atoms with Crippen LogP contribution in [0.5, 0.6) is 0 Å². The summed E-state index contributed by atoms with van der Waals surface area (Å²) in [6.07, 6.45) is 0.585. The number of nitrogens with zero attached hydrogens (tertiary/aromatic N) is 2. The Labute approximate surface area is 178 Å². The summed E-state index contributed by atoms with van der Waals surface area (Å²) in [6, 6.07) is 10.9. The smallest absolute Gasteiger partial charge is 0.325 e. The molecule has 156 valence electrons. The average molecular weight is 430 g/mol. The molecule has 2 aromatic carbocycles. The Bertz CT molecular complexity index is 1020. The number of aryl methyl sites for hydroxylation is 1. The highest BCUT2D eigenvalue weighted by atomic mass is 35.5. The maximum Gasteiger partial charge on any atom is 0.325 e. The van der Waals surface area contributed by atoms with Crippen LogP contribution < -0.4 is 5.32 Å². The number of rotatable bonds is 3. The SMILES string of the molecule is Cc1ccc(CN2C(=O)NC3(CCN(C(=O)c4cc(F)ccc4Cl)CC3)C2=O)cc1. The van der Waals surface area contributed by atoms with E-state index in [1.807, 2.05) is 31.2 Å². The fourth-order valence-electron chi connectivity index (χ4n) is 3.96. The summed E-state index contributed by atoms with van der Waals surface area (Å²) in [5.74, 6) is -1.20. The van der Waals surface area contributed by atoms with E-state index in [0.29, 0.717) is 12.8 Å². The topological polar surface area (TPSA) is 69.7 Å². The number of halogens is 2. The van der Waals surface area contributed by atoms with E-state index >= 15 is 0 Å². The van der Waals surface area contributed by atoms with Gasteiger partial charge in [-0.2, -0.15) is 0 Å². The van der Waals surface area contributed by atoms with Crippen LogP contribution in [0.4, 0.5) is 9.18 Å². The summed E-state index contributed by atoms with van der Waals surface area (Å²) in [6.45, 7) is 2.69. The third-order valence-corrected chi connectivity index (χ3v) is 6.10. The zero-order chi connectivity index (χ0) is 21.5. The van der Waals surface area contributed by atoms with Crippen molar-refractivity contribution in [2.75, 3.05) is 13.1 Å². The van der Waals surface area contributed by atoms with Crippen LogP contribution in [-0.2, 0) is 11.3 Å². The number of piperidine rings is 1. The number of urea groups is 1. The van der Waals surface area contributed by atoms with Gasteiger partial charge in [0, 0.05) is 13.1 Å². The molecule has 2 aliphatic rings. The van der Waals surface area contributed by atoms with Gasteiger partial charge in [0.15, 0.2) is 0 Å². The van der Waals surface area contributed by atoms with Gasteiger partial charge in [0.05, 0.1) is 17.1 Å². The second-order valence-electron chi connectivity index (χ2n) is 7.81. The Kier molecular flexibility index (Phi) is 5.24. The van der Waals surface area contributed by atoms with Crippen LogP contribution in [-0.4, -0.2) is 46.3 Å². The summed E-state index contributed by atoms with van der Waals surface area (Å²) >= 11 is 6.05. The van der Waals surface area contributed by atoms with E-state index < -0.39 is 17.4 Å². The zero-order valence-corrected chi connectivity index (χ0v) is 17.2. The molecule has 1 N–H and O–H groups in total. The van der Waals surface area contributed by atoms with Crippen molar-refractivity contribution in [1.29, 1.82) is 0 Å². The molecule has 0 atom stereocenters. The molecule has 1 spiro atoms. The van der Waals surface area contributed by atoms with Crippen molar-refractivity contribution in [3.63, 3.8) is 0 Å². The third-order valence-electron chi connectivity index (χ3n) is 5.77. The van der Waals surface area contributed by atoms with Crippen molar-refractivity contribution >= 4 is 29.4 Å². The number of nitrogens with one attached hydrogen (secondary N) is 1. The molecule has 2 fully saturated rings. The lowest BCUT2D eigenvalue weighted by Gasteiger charge is -2.37. The molecule has 0 saturated carbocycles.